The normalized spacial score (nSPS) is 20.0. The van der Waals surface area contributed by atoms with Gasteiger partial charge in [-0.25, -0.2) is 13.8 Å². The molecular formula is C7H10F2I35N4-. The topological polar surface area (TPSA) is 67.6 Å². The predicted octanol–water partition coefficient (Wildman–Crippen LogP) is 27.8. The molecule has 1 aliphatic rings. The Labute approximate surface area is 519 Å². The summed E-state index contributed by atoms with van der Waals surface area (Å²) in [6, 6.07) is 0. The van der Waals surface area contributed by atoms with Crippen molar-refractivity contribution < 1.29 is 22.0 Å². The number of nitrogens with two attached hydrogens (primary N) is 1. The summed E-state index contributed by atoms with van der Waals surface area (Å²) < 4.78 is 25.2. The first kappa shape index (κ1) is 70.5. The molecule has 0 spiro atoms. The summed E-state index contributed by atoms with van der Waals surface area (Å²) >= 11 is 58.1. The van der Waals surface area contributed by atoms with E-state index in [2.05, 4.69) is 350 Å². The third kappa shape index (κ3) is 26.4. The molecule has 0 saturated heterocycles. The van der Waals surface area contributed by atoms with Gasteiger partial charge in [0.15, 0.2) is 5.82 Å². The van der Waals surface area contributed by atoms with Crippen molar-refractivity contribution in [2.45, 2.75) is 31.2 Å². The maximum atomic E-state index is 12.6. The Kier molecular flexibility index (Phi) is 56.1. The second kappa shape index (κ2) is 38.2. The summed E-state index contributed by atoms with van der Waals surface area (Å²) in [6.07, 6.45) is -0.728. The van der Waals surface area contributed by atoms with Crippen molar-refractivity contribution in [2.24, 2.45) is 5.73 Å². The summed E-state index contributed by atoms with van der Waals surface area (Å²) in [5, 5.41) is 6.36. The minimum atomic E-state index is -2.65. The van der Waals surface area contributed by atoms with E-state index in [9.17, 15) is 8.78 Å². The van der Waals surface area contributed by atoms with Gasteiger partial charge < -0.3 is 5.73 Å². The van der Waals surface area contributed by atoms with E-state index < -0.39 is 130 Å². The summed E-state index contributed by atoms with van der Waals surface area (Å²) in [5.41, 5.74) is 4.65. The van der Waals surface area contributed by atoms with Crippen LogP contribution in [0.25, 0.3) is 0 Å². The molecule has 0 atom stereocenters. The van der Waals surface area contributed by atoms with Gasteiger partial charge in [-0.2, -0.15) is 5.10 Å². The number of halogens is 37. The molecule has 1 heterocycles. The van der Waals surface area contributed by atoms with Crippen LogP contribution in [0.3, 0.4) is 0 Å². The molecule has 3 N–H and O–H groups in total. The standard InChI is InChI=1S/C7H10F2N4.I35/c1-4-11-5(13-12-4)6(10)2-7(8,9)3-6;1-19-21(4)23(6)25(8)27(10)29(12)31(14)33(16)35(18)34(17)32(15)30(13)28(11)26(9)24(7)22(5)20(2)3/h2-3,10H2,1H3,(H,11,12,13);/q;-1. The van der Waals surface area contributed by atoms with Crippen LogP contribution in [0.2, 0.25) is 0 Å². The van der Waals surface area contributed by atoms with E-state index in [1.807, 2.05) is 0 Å². The number of hydrogen-bond acceptors (Lipinski definition) is 3. The number of hydrogen-bond donors (Lipinski definition) is 2. The van der Waals surface area contributed by atoms with E-state index in [-0.39, 0.29) is 26.6 Å². The molecule has 1 aromatic heterocycles. The van der Waals surface area contributed by atoms with E-state index in [4.69, 9.17) is 5.73 Å². The van der Waals surface area contributed by atoms with Crippen molar-refractivity contribution >= 4 is 461 Å². The van der Waals surface area contributed by atoms with Gasteiger partial charge in [-0.15, -0.1) is 0 Å². The van der Waals surface area contributed by atoms with Crippen LogP contribution in [0.4, 0.5) is 8.78 Å². The third-order valence-corrected chi connectivity index (χ3v) is 2560. The molecule has 0 aromatic carbocycles. The average molecular weight is 4630 g/mol. The number of aromatic amines is 1. The van der Waals surface area contributed by atoms with Crippen molar-refractivity contribution in [1.29, 1.82) is 0 Å². The molecule has 0 amide bonds. The zero-order valence-electron chi connectivity index (χ0n) is 20.4. The van der Waals surface area contributed by atoms with Crippen LogP contribution in [0, 0.1) is 6.92 Å². The summed E-state index contributed by atoms with van der Waals surface area (Å²) in [5.74, 6) is -1.77. The first-order chi connectivity index (χ1) is 21.8. The zero-order valence-corrected chi connectivity index (χ0v) is 95.9. The minimum absolute atomic E-state index is 0.288. The molecule has 0 aliphatic heterocycles. The van der Waals surface area contributed by atoms with Gasteiger partial charge in [0.1, 0.15) is 5.82 Å². The second-order valence-corrected chi connectivity index (χ2v) is 802. The molecule has 1 aromatic rings. The van der Waals surface area contributed by atoms with Crippen LogP contribution in [0.1, 0.15) is 24.5 Å². The molecule has 4 nitrogen and oxygen atoms in total. The van der Waals surface area contributed by atoms with Crippen LogP contribution in [-0.4, -0.2) is 21.1 Å². The van der Waals surface area contributed by atoms with Gasteiger partial charge in [0.25, 0.3) is 5.92 Å². The van der Waals surface area contributed by atoms with Gasteiger partial charge >= 0.3 is 475 Å². The van der Waals surface area contributed by atoms with Crippen LogP contribution < -0.4 is 19.0 Å². The Morgan fingerprint density at radius 2 is 0.875 bits per heavy atom. The first-order valence-electron chi connectivity index (χ1n) is 8.83. The van der Waals surface area contributed by atoms with E-state index in [1.165, 1.54) is 0 Å². The van der Waals surface area contributed by atoms with Crippen LogP contribution >= 0.6 is 461 Å². The summed E-state index contributed by atoms with van der Waals surface area (Å²) in [4.78, 5) is 3.94. The molecular weight excluding hydrogens is 4620 g/mol. The van der Waals surface area contributed by atoms with Crippen molar-refractivity contribution in [3.8, 4) is 0 Å². The predicted molar refractivity (Wildman–Crippen MR) is 518 cm³/mol. The van der Waals surface area contributed by atoms with Crippen molar-refractivity contribution in [3.63, 3.8) is 0 Å². The third-order valence-electron chi connectivity index (χ3n) is 3.46. The quantitative estimate of drug-likeness (QED) is 0.153. The summed E-state index contributed by atoms with van der Waals surface area (Å²) in [7, 11) is -7.57. The molecule has 0 unspecified atom stereocenters. The fourth-order valence-electron chi connectivity index (χ4n) is 2.04. The van der Waals surface area contributed by atoms with Gasteiger partial charge in [0, 0.05) is 12.8 Å². The molecule has 1 aliphatic carbocycles. The fourth-order valence-corrected chi connectivity index (χ4v) is 6080. The second-order valence-electron chi connectivity index (χ2n) is 6.26. The molecule has 41 heteroatoms. The summed E-state index contributed by atoms with van der Waals surface area (Å²) in [6.45, 7) is 1.71. The molecule has 2 rings (SSSR count). The Bertz CT molecular complexity index is 1070. The van der Waals surface area contributed by atoms with E-state index >= 15 is 0 Å². The van der Waals surface area contributed by atoms with E-state index in [1.54, 1.807) is 6.92 Å². The van der Waals surface area contributed by atoms with Crippen LogP contribution in [-0.2, 0) is 5.54 Å². The average Bonchev–Trinajstić information content (AvgIpc) is 3.48. The molecule has 1 fully saturated rings. The number of aromatic nitrogens is 3. The van der Waals surface area contributed by atoms with Gasteiger partial charge in [-0.1, -0.05) is 0 Å². The molecule has 318 valence electrons. The van der Waals surface area contributed by atoms with Gasteiger partial charge in [0.2, 0.25) is 0 Å². The molecule has 1 saturated carbocycles. The monoisotopic (exact) mass is 4630 g/mol. The van der Waals surface area contributed by atoms with Crippen molar-refractivity contribution in [3.05, 3.63) is 11.6 Å². The first-order valence-corrected chi connectivity index (χ1v) is 223. The number of H-pyrrole nitrogens is 1. The number of rotatable bonds is 17. The SMILES string of the molecule is Cc1nc(C2(N)CC(F)(F)C2)n[nH]1.I[I-]I(I)I(I)I(I)I(I)I(I)I(I)I(I)I(I)I(I)I(I)I(I)I(I)I(I)I(I)I(I)I(I)I. The zero-order chi connectivity index (χ0) is 37.6. The van der Waals surface area contributed by atoms with E-state index in [0.717, 1.165) is 0 Å². The number of aryl methyl sites for hydroxylation is 1. The maximum absolute atomic E-state index is 12.6. The van der Waals surface area contributed by atoms with Gasteiger partial charge in [0.05, 0.1) is 5.54 Å². The van der Waals surface area contributed by atoms with Crippen molar-refractivity contribution in [2.75, 3.05) is 0 Å². The van der Waals surface area contributed by atoms with Gasteiger partial charge in [-0.05, 0) is 6.92 Å². The van der Waals surface area contributed by atoms with Gasteiger partial charge in [-0.3, -0.25) is 5.10 Å². The Morgan fingerprint density at radius 3 is 1.10 bits per heavy atom. The van der Waals surface area contributed by atoms with E-state index in [0.29, 0.717) is 19.1 Å². The Balaban J connectivity index is 0.000000724. The Morgan fingerprint density at radius 1 is 0.583 bits per heavy atom. The number of nitrogens with zero attached hydrogens (tertiary/aromatic N) is 2. The Hall–Kier alpha value is 24.5. The molecule has 48 heavy (non-hydrogen) atoms. The van der Waals surface area contributed by atoms with Crippen molar-refractivity contribution in [1.82, 2.24) is 15.2 Å². The molecule has 0 radical (unpaired) electrons. The number of alkyl halides is 2. The molecule has 0 bridgehead atoms. The number of nitrogens with one attached hydrogen (secondary N) is 1. The van der Waals surface area contributed by atoms with Crippen LogP contribution in [0.15, 0.2) is 0 Å². The fraction of sp³-hybridized carbons (Fsp3) is 0.714. The van der Waals surface area contributed by atoms with Crippen LogP contribution in [0.5, 0.6) is 0 Å².